The molecule has 1 aliphatic rings. The quantitative estimate of drug-likeness (QED) is 0.688. The summed E-state index contributed by atoms with van der Waals surface area (Å²) < 4.78 is 1.67. The van der Waals surface area contributed by atoms with Crippen molar-refractivity contribution in [1.29, 1.82) is 5.26 Å². The molecule has 3 heterocycles. The number of anilines is 1. The summed E-state index contributed by atoms with van der Waals surface area (Å²) in [6, 6.07) is 6.02. The first-order valence-corrected chi connectivity index (χ1v) is 7.16. The Bertz CT molecular complexity index is 900. The summed E-state index contributed by atoms with van der Waals surface area (Å²) in [6.45, 7) is 5.42. The number of fused-ring (bicyclic) bond motifs is 3. The summed E-state index contributed by atoms with van der Waals surface area (Å²) in [4.78, 5) is 6.88. The van der Waals surface area contributed by atoms with E-state index in [0.717, 1.165) is 43.1 Å². The van der Waals surface area contributed by atoms with Crippen LogP contribution in [0.1, 0.15) is 11.1 Å². The normalized spacial score (nSPS) is 15.4. The Kier molecular flexibility index (Phi) is 2.87. The van der Waals surface area contributed by atoms with Gasteiger partial charge in [0.05, 0.1) is 11.1 Å². The third kappa shape index (κ3) is 1.87. The number of benzene rings is 1. The van der Waals surface area contributed by atoms with Crippen molar-refractivity contribution in [2.75, 3.05) is 31.1 Å². The number of piperazine rings is 1. The Morgan fingerprint density at radius 2 is 2.09 bits per heavy atom. The van der Waals surface area contributed by atoms with Crippen LogP contribution in [0.5, 0.6) is 0 Å². The Hall–Kier alpha value is -2.79. The number of aromatic nitrogens is 5. The molecule has 0 aliphatic carbocycles. The first kappa shape index (κ1) is 12.9. The Labute approximate surface area is 126 Å². The summed E-state index contributed by atoms with van der Waals surface area (Å²) in [6.07, 6.45) is 0. The lowest BCUT2D eigenvalue weighted by Crippen LogP contribution is -2.44. The van der Waals surface area contributed by atoms with E-state index in [2.05, 4.69) is 31.8 Å². The molecule has 3 aromatic rings. The average Bonchev–Trinajstić information content (AvgIpc) is 3.04. The summed E-state index contributed by atoms with van der Waals surface area (Å²) >= 11 is 0. The van der Waals surface area contributed by atoms with E-state index in [9.17, 15) is 5.26 Å². The van der Waals surface area contributed by atoms with Crippen molar-refractivity contribution in [1.82, 2.24) is 30.3 Å². The molecule has 0 spiro atoms. The average molecular weight is 294 g/mol. The molecule has 0 atom stereocenters. The van der Waals surface area contributed by atoms with Crippen LogP contribution in [0.2, 0.25) is 0 Å². The van der Waals surface area contributed by atoms with Crippen LogP contribution in [0.3, 0.4) is 0 Å². The summed E-state index contributed by atoms with van der Waals surface area (Å²) in [5.74, 6) is 0.736. The van der Waals surface area contributed by atoms with E-state index in [4.69, 9.17) is 4.98 Å². The molecule has 8 heteroatoms. The zero-order valence-electron chi connectivity index (χ0n) is 12.1. The van der Waals surface area contributed by atoms with Crippen LogP contribution in [0.15, 0.2) is 12.1 Å². The largest absolute Gasteiger partial charge is 0.351 e. The molecule has 110 valence electrons. The molecule has 1 fully saturated rings. The fraction of sp³-hybridized carbons (Fsp3) is 0.357. The molecule has 4 rings (SSSR count). The van der Waals surface area contributed by atoms with Gasteiger partial charge in [-0.3, -0.25) is 0 Å². The van der Waals surface area contributed by atoms with E-state index in [0.29, 0.717) is 16.7 Å². The molecule has 8 nitrogen and oxygen atoms in total. The van der Waals surface area contributed by atoms with Crippen LogP contribution < -0.4 is 10.2 Å². The first-order chi connectivity index (χ1) is 10.8. The number of rotatable bonds is 1. The van der Waals surface area contributed by atoms with Crippen molar-refractivity contribution in [3.05, 3.63) is 23.3 Å². The van der Waals surface area contributed by atoms with E-state index in [1.54, 1.807) is 4.52 Å². The highest BCUT2D eigenvalue weighted by Crippen LogP contribution is 2.25. The molecule has 0 amide bonds. The van der Waals surface area contributed by atoms with Crippen molar-refractivity contribution >= 4 is 22.5 Å². The summed E-state index contributed by atoms with van der Waals surface area (Å²) in [5.41, 5.74) is 3.56. The number of nitrogens with zero attached hydrogens (tertiary/aromatic N) is 7. The van der Waals surface area contributed by atoms with Crippen LogP contribution in [-0.4, -0.2) is 51.2 Å². The molecule has 0 bridgehead atoms. The highest BCUT2D eigenvalue weighted by molar-refractivity contribution is 5.87. The van der Waals surface area contributed by atoms with Crippen molar-refractivity contribution in [2.45, 2.75) is 6.92 Å². The lowest BCUT2D eigenvalue weighted by molar-refractivity contribution is 0.586. The highest BCUT2D eigenvalue weighted by atomic mass is 15.5. The van der Waals surface area contributed by atoms with Crippen LogP contribution in [0.25, 0.3) is 16.7 Å². The second kappa shape index (κ2) is 4.89. The molecule has 1 saturated heterocycles. The highest BCUT2D eigenvalue weighted by Gasteiger charge is 2.20. The number of nitrogens with one attached hydrogen (secondary N) is 1. The van der Waals surface area contributed by atoms with Gasteiger partial charge in [0.15, 0.2) is 5.82 Å². The van der Waals surface area contributed by atoms with Gasteiger partial charge in [-0.25, -0.2) is 4.98 Å². The van der Waals surface area contributed by atoms with Gasteiger partial charge in [-0.15, -0.1) is 5.10 Å². The van der Waals surface area contributed by atoms with Crippen LogP contribution in [0.4, 0.5) is 5.82 Å². The maximum absolute atomic E-state index is 9.41. The minimum Gasteiger partial charge on any atom is -0.351 e. The Morgan fingerprint density at radius 3 is 2.86 bits per heavy atom. The molecule has 0 unspecified atom stereocenters. The van der Waals surface area contributed by atoms with Gasteiger partial charge in [-0.05, 0) is 35.0 Å². The first-order valence-electron chi connectivity index (χ1n) is 7.16. The third-order valence-corrected chi connectivity index (χ3v) is 3.89. The zero-order chi connectivity index (χ0) is 15.1. The molecule has 1 aromatic carbocycles. The van der Waals surface area contributed by atoms with Gasteiger partial charge in [0.2, 0.25) is 5.65 Å². The van der Waals surface area contributed by atoms with Crippen molar-refractivity contribution in [3.63, 3.8) is 0 Å². The molecule has 0 radical (unpaired) electrons. The second-order valence-electron chi connectivity index (χ2n) is 5.38. The predicted molar refractivity (Wildman–Crippen MR) is 80.6 cm³/mol. The topological polar surface area (TPSA) is 95.0 Å². The number of aryl methyl sites for hydroxylation is 1. The molecule has 1 N–H and O–H groups in total. The fourth-order valence-corrected chi connectivity index (χ4v) is 2.86. The second-order valence-corrected chi connectivity index (χ2v) is 5.38. The number of tetrazole rings is 1. The third-order valence-electron chi connectivity index (χ3n) is 3.89. The molecule has 0 saturated carbocycles. The van der Waals surface area contributed by atoms with E-state index < -0.39 is 0 Å². The minimum atomic E-state index is 0.545. The SMILES string of the molecule is Cc1cc(C#N)c2nc(N3CCNCC3)c3nnnn3c2c1. The van der Waals surface area contributed by atoms with Crippen LogP contribution in [0, 0.1) is 18.3 Å². The predicted octanol–water partition coefficient (Wildman–Crippen LogP) is 0.262. The lowest BCUT2D eigenvalue weighted by Gasteiger charge is -2.28. The van der Waals surface area contributed by atoms with Gasteiger partial charge < -0.3 is 10.2 Å². The Balaban J connectivity index is 2.06. The Morgan fingerprint density at radius 1 is 1.27 bits per heavy atom. The van der Waals surface area contributed by atoms with Gasteiger partial charge in [0.25, 0.3) is 0 Å². The smallest absolute Gasteiger partial charge is 0.222 e. The zero-order valence-corrected chi connectivity index (χ0v) is 12.1. The van der Waals surface area contributed by atoms with Gasteiger partial charge in [0.1, 0.15) is 11.6 Å². The maximum Gasteiger partial charge on any atom is 0.222 e. The number of hydrogen-bond acceptors (Lipinski definition) is 7. The van der Waals surface area contributed by atoms with Gasteiger partial charge in [-0.2, -0.15) is 9.78 Å². The number of nitriles is 1. The molecule has 2 aromatic heterocycles. The molecule has 22 heavy (non-hydrogen) atoms. The molecular formula is C14H14N8. The monoisotopic (exact) mass is 294 g/mol. The minimum absolute atomic E-state index is 0.545. The van der Waals surface area contributed by atoms with Crippen molar-refractivity contribution in [2.24, 2.45) is 0 Å². The van der Waals surface area contributed by atoms with Crippen LogP contribution in [-0.2, 0) is 0 Å². The van der Waals surface area contributed by atoms with E-state index in [1.165, 1.54) is 0 Å². The van der Waals surface area contributed by atoms with Gasteiger partial charge in [0, 0.05) is 26.2 Å². The van der Waals surface area contributed by atoms with Gasteiger partial charge >= 0.3 is 0 Å². The maximum atomic E-state index is 9.41. The standard InChI is InChI=1S/C14H14N8/c1-9-6-10(8-15)12-11(7-9)22-14(18-19-20-22)13(17-12)21-4-2-16-3-5-21/h6-7,16H,2-5H2,1H3. The molecule has 1 aliphatic heterocycles. The van der Waals surface area contributed by atoms with E-state index in [-0.39, 0.29) is 0 Å². The summed E-state index contributed by atoms with van der Waals surface area (Å²) in [5, 5.41) is 24.7. The van der Waals surface area contributed by atoms with E-state index >= 15 is 0 Å². The lowest BCUT2D eigenvalue weighted by atomic mass is 10.1. The van der Waals surface area contributed by atoms with Crippen LogP contribution >= 0.6 is 0 Å². The van der Waals surface area contributed by atoms with Gasteiger partial charge in [-0.1, -0.05) is 0 Å². The fourth-order valence-electron chi connectivity index (χ4n) is 2.86. The van der Waals surface area contributed by atoms with Crippen molar-refractivity contribution in [3.8, 4) is 6.07 Å². The summed E-state index contributed by atoms with van der Waals surface area (Å²) in [7, 11) is 0. The van der Waals surface area contributed by atoms with Crippen molar-refractivity contribution < 1.29 is 0 Å². The number of hydrogen-bond donors (Lipinski definition) is 1. The molecular weight excluding hydrogens is 280 g/mol. The van der Waals surface area contributed by atoms with E-state index in [1.807, 2.05) is 19.1 Å².